The average molecular weight is 386 g/mol. The Bertz CT molecular complexity index is 763. The normalized spacial score (nSPS) is 12.8. The van der Waals surface area contributed by atoms with E-state index in [2.05, 4.69) is 28.8 Å². The largest absolute Gasteiger partial charge is 0.467 e. The highest BCUT2D eigenvalue weighted by Crippen LogP contribution is 2.34. The Kier molecular flexibility index (Phi) is 5.68. The number of rotatable bonds is 5. The number of esters is 1. The first-order chi connectivity index (χ1) is 11.4. The molecule has 138 valence electrons. The molecule has 25 heavy (non-hydrogen) atoms. The van der Waals surface area contributed by atoms with E-state index in [1.807, 2.05) is 0 Å². The van der Waals surface area contributed by atoms with Gasteiger partial charge in [0.1, 0.15) is 16.7 Å². The monoisotopic (exact) mass is 385 g/mol. The first-order valence-electron chi connectivity index (χ1n) is 7.69. The van der Waals surface area contributed by atoms with Gasteiger partial charge >= 0.3 is 5.97 Å². The third-order valence-electron chi connectivity index (χ3n) is 2.81. The summed E-state index contributed by atoms with van der Waals surface area (Å²) >= 11 is 6.15. The number of carbonyl (C=O) groups excluding carboxylic acids is 1. The summed E-state index contributed by atoms with van der Waals surface area (Å²) < 4.78 is 12.6. The zero-order chi connectivity index (χ0) is 18.8. The lowest BCUT2D eigenvalue weighted by atomic mass is 10.2. The number of hydrogen-bond acceptors (Lipinski definition) is 5. The quantitative estimate of drug-likeness (QED) is 0.576. The molecule has 2 rings (SSSR count). The van der Waals surface area contributed by atoms with Gasteiger partial charge in [0.05, 0.1) is 5.56 Å². The van der Waals surface area contributed by atoms with Crippen molar-refractivity contribution in [3.05, 3.63) is 35.1 Å². The summed E-state index contributed by atoms with van der Waals surface area (Å²) in [6.45, 7) is 5.39. The molecular weight excluding hydrogens is 362 g/mol. The number of pyridine rings is 1. The molecule has 0 fully saturated rings. The summed E-state index contributed by atoms with van der Waals surface area (Å²) in [5.41, 5.74) is -0.372. The number of ether oxygens (including phenoxy) is 2. The fraction of sp³-hybridized carbons (Fsp3) is 0.471. The van der Waals surface area contributed by atoms with Crippen LogP contribution < -0.4 is 4.74 Å². The highest BCUT2D eigenvalue weighted by Gasteiger charge is 2.21. The molecule has 0 unspecified atom stereocenters. The van der Waals surface area contributed by atoms with Gasteiger partial charge in [0.25, 0.3) is 0 Å². The Morgan fingerprint density at radius 1 is 1.24 bits per heavy atom. The van der Waals surface area contributed by atoms with Crippen LogP contribution in [0.25, 0.3) is 5.82 Å². The van der Waals surface area contributed by atoms with E-state index >= 15 is 0 Å². The highest BCUT2D eigenvalue weighted by atomic mass is 35.5. The van der Waals surface area contributed by atoms with Crippen LogP contribution in [0, 0.1) is 0 Å². The molecule has 0 spiro atoms. The Labute approximate surface area is 154 Å². The van der Waals surface area contributed by atoms with Crippen molar-refractivity contribution >= 4 is 27.6 Å². The van der Waals surface area contributed by atoms with Crippen molar-refractivity contribution in [1.82, 2.24) is 14.8 Å². The smallest absolute Gasteiger partial charge is 0.341 e. The number of aromatic nitrogens is 3. The minimum Gasteiger partial charge on any atom is -0.467 e. The fourth-order valence-corrected chi connectivity index (χ4v) is 2.49. The van der Waals surface area contributed by atoms with Gasteiger partial charge in [0, 0.05) is 12.3 Å². The van der Waals surface area contributed by atoms with E-state index in [1.54, 1.807) is 49.8 Å². The molecule has 6 nitrogen and oxygen atoms in total. The van der Waals surface area contributed by atoms with Gasteiger partial charge < -0.3 is 9.47 Å². The topological polar surface area (TPSA) is 66.2 Å². The van der Waals surface area contributed by atoms with Crippen LogP contribution in [0.5, 0.6) is 5.88 Å². The van der Waals surface area contributed by atoms with Gasteiger partial charge in [-0.3, -0.25) is 0 Å². The molecule has 0 atom stereocenters. The van der Waals surface area contributed by atoms with Crippen LogP contribution in [0.1, 0.15) is 31.1 Å². The summed E-state index contributed by atoms with van der Waals surface area (Å²) in [6.07, 6.45) is 8.24. The van der Waals surface area contributed by atoms with E-state index < -0.39 is 21.6 Å². The number of halogens is 1. The molecule has 0 aromatic carbocycles. The maximum atomic E-state index is 12.1. The minimum absolute atomic E-state index is 0.0730. The summed E-state index contributed by atoms with van der Waals surface area (Å²) in [5, 5.41) is 4.40. The van der Waals surface area contributed by atoms with Crippen molar-refractivity contribution in [3.63, 3.8) is 0 Å². The van der Waals surface area contributed by atoms with Gasteiger partial charge in [0.15, 0.2) is 5.82 Å². The number of nitrogens with zero attached hydrogens (tertiary/aromatic N) is 3. The Morgan fingerprint density at radius 3 is 2.48 bits per heavy atom. The van der Waals surface area contributed by atoms with Crippen LogP contribution in [-0.4, -0.2) is 51.0 Å². The van der Waals surface area contributed by atoms with E-state index in [1.165, 1.54) is 0 Å². The van der Waals surface area contributed by atoms with Crippen LogP contribution in [0.3, 0.4) is 0 Å². The third kappa shape index (κ3) is 5.93. The predicted octanol–water partition coefficient (Wildman–Crippen LogP) is 3.91. The molecular formula is C17H24ClN3O3S. The van der Waals surface area contributed by atoms with Crippen LogP contribution >= 0.6 is 21.6 Å². The van der Waals surface area contributed by atoms with Gasteiger partial charge in [-0.15, -0.1) is 5.10 Å². The van der Waals surface area contributed by atoms with Gasteiger partial charge in [-0.2, -0.15) is 0 Å². The lowest BCUT2D eigenvalue weighted by Gasteiger charge is -2.23. The maximum absolute atomic E-state index is 12.1. The molecule has 2 heterocycles. The first-order valence-corrected chi connectivity index (χ1v) is 11.1. The van der Waals surface area contributed by atoms with Crippen LogP contribution in [0.15, 0.2) is 24.4 Å². The standard InChI is InChI=1S/C17H24ClN3O3S/c1-17(2,3)24-16(22)12-7-8-13(19-15(12)18)21-10-9-14(20-21)23-11-25(4,5)6/h7-10H,11H2,1-6H3. The highest BCUT2D eigenvalue weighted by molar-refractivity contribution is 8.32. The molecule has 0 aliphatic carbocycles. The van der Waals surface area contributed by atoms with Crippen molar-refractivity contribution in [2.75, 3.05) is 24.7 Å². The second-order valence-electron chi connectivity index (χ2n) is 7.46. The van der Waals surface area contributed by atoms with Gasteiger partial charge in [0.2, 0.25) is 5.88 Å². The molecule has 0 saturated carbocycles. The van der Waals surface area contributed by atoms with Crippen LogP contribution in [0.4, 0.5) is 0 Å². The molecule has 8 heteroatoms. The predicted molar refractivity (Wildman–Crippen MR) is 102 cm³/mol. The van der Waals surface area contributed by atoms with Gasteiger partial charge in [-0.05, 0) is 51.7 Å². The van der Waals surface area contributed by atoms with E-state index in [-0.39, 0.29) is 10.7 Å². The van der Waals surface area contributed by atoms with Crippen LogP contribution in [0.2, 0.25) is 5.15 Å². The second kappa shape index (κ2) is 7.25. The molecule has 0 amide bonds. The van der Waals surface area contributed by atoms with Crippen molar-refractivity contribution in [1.29, 1.82) is 0 Å². The van der Waals surface area contributed by atoms with E-state index in [0.29, 0.717) is 17.6 Å². The third-order valence-corrected chi connectivity index (χ3v) is 3.93. The molecule has 2 aromatic rings. The number of hydrogen-bond donors (Lipinski definition) is 0. The Balaban J connectivity index is 2.15. The Morgan fingerprint density at radius 2 is 1.92 bits per heavy atom. The molecule has 0 saturated heterocycles. The SMILES string of the molecule is CC(C)(C)OC(=O)c1ccc(-n2ccc(OCS(C)(C)C)n2)nc1Cl. The van der Waals surface area contributed by atoms with Gasteiger partial charge in [-0.25, -0.2) is 24.5 Å². The Hall–Kier alpha value is -1.73. The zero-order valence-corrected chi connectivity index (χ0v) is 16.9. The van der Waals surface area contributed by atoms with Crippen LogP contribution in [-0.2, 0) is 4.74 Å². The summed E-state index contributed by atoms with van der Waals surface area (Å²) in [4.78, 5) is 16.4. The van der Waals surface area contributed by atoms with Crippen molar-refractivity contribution < 1.29 is 14.3 Å². The first kappa shape index (κ1) is 19.6. The maximum Gasteiger partial charge on any atom is 0.341 e. The van der Waals surface area contributed by atoms with Gasteiger partial charge in [-0.1, -0.05) is 11.6 Å². The van der Waals surface area contributed by atoms with E-state index in [4.69, 9.17) is 21.1 Å². The summed E-state index contributed by atoms with van der Waals surface area (Å²) in [7, 11) is -0.774. The molecule has 0 bridgehead atoms. The lowest BCUT2D eigenvalue weighted by molar-refractivity contribution is 0.00693. The molecule has 0 aliphatic rings. The van der Waals surface area contributed by atoms with E-state index in [0.717, 1.165) is 0 Å². The average Bonchev–Trinajstić information content (AvgIpc) is 2.91. The minimum atomic E-state index is -0.774. The van der Waals surface area contributed by atoms with Crippen molar-refractivity contribution in [2.24, 2.45) is 0 Å². The van der Waals surface area contributed by atoms with Crippen molar-refractivity contribution in [2.45, 2.75) is 26.4 Å². The fourth-order valence-electron chi connectivity index (χ4n) is 1.79. The second-order valence-corrected chi connectivity index (χ2v) is 12.2. The molecule has 0 radical (unpaired) electrons. The zero-order valence-electron chi connectivity index (χ0n) is 15.4. The summed E-state index contributed by atoms with van der Waals surface area (Å²) in [5.74, 6) is 1.15. The van der Waals surface area contributed by atoms with Crippen molar-refractivity contribution in [3.8, 4) is 11.7 Å². The summed E-state index contributed by atoms with van der Waals surface area (Å²) in [6, 6.07) is 5.01. The van der Waals surface area contributed by atoms with E-state index in [9.17, 15) is 4.79 Å². The molecule has 0 aliphatic heterocycles. The number of carbonyl (C=O) groups is 1. The molecule has 2 aromatic heterocycles. The molecule has 0 N–H and O–H groups in total. The lowest BCUT2D eigenvalue weighted by Crippen LogP contribution is -2.24.